The van der Waals surface area contributed by atoms with Gasteiger partial charge in [-0.2, -0.15) is 0 Å². The first-order chi connectivity index (χ1) is 29.9. The summed E-state index contributed by atoms with van der Waals surface area (Å²) in [6, 6.07) is 22.4. The van der Waals surface area contributed by atoms with Crippen molar-refractivity contribution in [3.63, 3.8) is 0 Å². The van der Waals surface area contributed by atoms with Crippen molar-refractivity contribution < 1.29 is 0 Å². The molecule has 0 atom stereocenters. The van der Waals surface area contributed by atoms with Gasteiger partial charge in [0, 0.05) is 47.6 Å². The smallest absolute Gasteiger partial charge is 0.163 e. The molecular formula is C58H99BrN6Si2Sn. The van der Waals surface area contributed by atoms with Crippen LogP contribution in [-0.4, -0.2) is 81.5 Å². The summed E-state index contributed by atoms with van der Waals surface area (Å²) >= 11 is 1.07. The van der Waals surface area contributed by atoms with Crippen LogP contribution >= 0.6 is 15.9 Å². The number of anilines is 2. The SMILES string of the molecule is C.C.C.C.CCC[CH2][Sn]([CH2]CCC)([CH2]CCC)[c]1cn([Si](C)(C)C(C)(C)C)c2ncc(-c3ccc(N(C)C)cc3)cc12.CN(C)c1ccc(-c2cnc3c(c2)c(Br)cn3[Si](C)(C)C(C)(C)C)cc1. The molecule has 4 aromatic heterocycles. The van der Waals surface area contributed by atoms with E-state index in [0.29, 0.717) is 0 Å². The maximum absolute atomic E-state index is 5.29. The minimum absolute atomic E-state index is 0. The van der Waals surface area contributed by atoms with Crippen LogP contribution in [0.2, 0.25) is 49.6 Å². The van der Waals surface area contributed by atoms with Crippen molar-refractivity contribution >= 4 is 87.8 Å². The molecule has 0 saturated carbocycles. The minimum Gasteiger partial charge on any atom is -0.378 e. The summed E-state index contributed by atoms with van der Waals surface area (Å²) in [7, 11) is 4.77. The predicted octanol–water partition coefficient (Wildman–Crippen LogP) is 18.6. The fraction of sp³-hybridized carbons (Fsp3) is 0.552. The van der Waals surface area contributed by atoms with Crippen LogP contribution in [0.15, 0.2) is 89.9 Å². The number of halogens is 1. The Balaban J connectivity index is 0.000000680. The van der Waals surface area contributed by atoms with E-state index < -0.39 is 34.8 Å². The first-order valence-corrected chi connectivity index (χ1v) is 38.4. The number of fused-ring (bicyclic) bond motifs is 2. The van der Waals surface area contributed by atoms with Crippen molar-refractivity contribution in [1.82, 2.24) is 18.4 Å². The van der Waals surface area contributed by atoms with Gasteiger partial charge in [-0.05, 0) is 44.7 Å². The normalized spacial score (nSPS) is 12.0. The second kappa shape index (κ2) is 25.5. The van der Waals surface area contributed by atoms with Crippen molar-refractivity contribution in [2.24, 2.45) is 0 Å². The minimum atomic E-state index is -2.70. The van der Waals surface area contributed by atoms with Crippen molar-refractivity contribution in [2.75, 3.05) is 38.0 Å². The fourth-order valence-electron chi connectivity index (χ4n) is 8.72. The largest absolute Gasteiger partial charge is 0.378 e. The van der Waals surface area contributed by atoms with Crippen LogP contribution < -0.4 is 13.4 Å². The van der Waals surface area contributed by atoms with Gasteiger partial charge in [-0.15, -0.1) is 0 Å². The maximum Gasteiger partial charge on any atom is 0.163 e. The molecule has 0 saturated heterocycles. The Morgan fingerprint density at radius 3 is 1.21 bits per heavy atom. The molecule has 0 fully saturated rings. The van der Waals surface area contributed by atoms with Crippen LogP contribution in [0.4, 0.5) is 11.4 Å². The van der Waals surface area contributed by atoms with Gasteiger partial charge in [0.05, 0.1) is 0 Å². The van der Waals surface area contributed by atoms with Gasteiger partial charge < -0.3 is 9.13 Å². The third kappa shape index (κ3) is 13.5. The summed E-state index contributed by atoms with van der Waals surface area (Å²) in [6.07, 6.45) is 17.1. The Labute approximate surface area is 433 Å². The van der Waals surface area contributed by atoms with Crippen molar-refractivity contribution in [2.45, 2.75) is 180 Å². The average molecular weight is 1140 g/mol. The van der Waals surface area contributed by atoms with E-state index in [1.807, 2.05) is 6.20 Å². The molecule has 0 amide bonds. The molecule has 10 heteroatoms. The maximum atomic E-state index is 5.29. The van der Waals surface area contributed by atoms with Crippen LogP contribution in [0.5, 0.6) is 0 Å². The standard InChI is InChI=1S/C21H28BrN3Si.C21H28N3Si.3C4H9.4CH4.Sn/c1-21(2,3)26(6,7)25-14-19(22)18-12-16(13-23-20(18)25)15-8-10-17(11-9-15)24(4)5;1-21(2,3)25(6,7)24-13-12-17-14-18(15-22-20(17)24)16-8-10-19(11-9-16)23(4)5;3*1-3-4-2;;;;;/h8-14H,1-7H3;8-11,13-15H,1-7H3;3*1,3-4H2,2H3;4*1H4;. The van der Waals surface area contributed by atoms with Gasteiger partial charge in [0.15, 0.2) is 8.24 Å². The molecule has 0 N–H and O–H groups in total. The Hall–Kier alpha value is -2.87. The molecule has 6 rings (SSSR count). The van der Waals surface area contributed by atoms with Gasteiger partial charge in [-0.25, -0.2) is 4.98 Å². The van der Waals surface area contributed by atoms with Crippen LogP contribution in [0.1, 0.15) is 131 Å². The van der Waals surface area contributed by atoms with E-state index in [9.17, 15) is 0 Å². The molecule has 0 unspecified atom stereocenters. The molecule has 4 heterocycles. The Morgan fingerprint density at radius 2 is 0.868 bits per heavy atom. The summed E-state index contributed by atoms with van der Waals surface area (Å²) in [5, 5.41) is 3.18. The molecule has 380 valence electrons. The fourth-order valence-corrected chi connectivity index (χ4v) is 30.1. The van der Waals surface area contributed by atoms with Crippen LogP contribution in [0.25, 0.3) is 44.3 Å². The van der Waals surface area contributed by atoms with E-state index in [0.717, 1.165) is 15.7 Å². The van der Waals surface area contributed by atoms with Crippen molar-refractivity contribution in [3.8, 4) is 22.3 Å². The summed E-state index contributed by atoms with van der Waals surface area (Å²) in [6.45, 7) is 31.4. The predicted molar refractivity (Wildman–Crippen MR) is 323 cm³/mol. The first kappa shape index (κ1) is 63.1. The number of pyridine rings is 2. The number of hydrogen-bond acceptors (Lipinski definition) is 4. The molecule has 6 nitrogen and oxygen atoms in total. The molecule has 0 aliphatic heterocycles. The molecule has 0 aliphatic carbocycles. The molecule has 6 aromatic rings. The number of aromatic nitrogens is 4. The van der Waals surface area contributed by atoms with Crippen molar-refractivity contribution in [1.29, 1.82) is 0 Å². The summed E-state index contributed by atoms with van der Waals surface area (Å²) in [5.41, 5.74) is 9.65. The molecule has 0 radical (unpaired) electrons. The van der Waals surface area contributed by atoms with Crippen molar-refractivity contribution in [3.05, 3.63) is 89.9 Å². The summed E-state index contributed by atoms with van der Waals surface area (Å²) in [4.78, 5) is 14.4. The first-order valence-electron chi connectivity index (χ1n) is 24.2. The van der Waals surface area contributed by atoms with E-state index in [2.05, 4.69) is 230 Å². The third-order valence-corrected chi connectivity index (χ3v) is 41.8. The second-order valence-electron chi connectivity index (χ2n) is 22.0. The molecule has 2 aromatic carbocycles. The quantitative estimate of drug-likeness (QED) is 0.0906. The third-order valence-electron chi connectivity index (χ3n) is 15.1. The van der Waals surface area contributed by atoms with Crippen LogP contribution in [-0.2, 0) is 0 Å². The topological polar surface area (TPSA) is 42.1 Å². The van der Waals surface area contributed by atoms with Gasteiger partial charge in [0.25, 0.3) is 0 Å². The number of unbranched alkanes of at least 4 members (excludes halogenated alkanes) is 3. The zero-order valence-electron chi connectivity index (χ0n) is 43.0. The van der Waals surface area contributed by atoms with Gasteiger partial charge in [0.2, 0.25) is 0 Å². The van der Waals surface area contributed by atoms with Gasteiger partial charge in [-0.3, -0.25) is 0 Å². The zero-order chi connectivity index (χ0) is 47.4. The molecular weight excluding hydrogens is 1040 g/mol. The number of hydrogen-bond donors (Lipinski definition) is 0. The van der Waals surface area contributed by atoms with E-state index in [1.54, 1.807) is 3.58 Å². The number of rotatable bonds is 16. The Morgan fingerprint density at radius 1 is 0.529 bits per heavy atom. The Bertz CT molecular complexity index is 2430. The molecule has 0 bridgehead atoms. The average Bonchev–Trinajstić information content (AvgIpc) is 3.81. The molecule has 68 heavy (non-hydrogen) atoms. The van der Waals surface area contributed by atoms with E-state index >= 15 is 0 Å². The van der Waals surface area contributed by atoms with E-state index in [1.165, 1.54) is 96.3 Å². The number of nitrogens with zero attached hydrogens (tertiary/aromatic N) is 6. The monoisotopic (exact) mass is 1130 g/mol. The van der Waals surface area contributed by atoms with Gasteiger partial charge in [-0.1, -0.05) is 75.7 Å². The summed E-state index contributed by atoms with van der Waals surface area (Å²) in [5.74, 6) is 0. The molecule has 0 spiro atoms. The van der Waals surface area contributed by atoms with Crippen LogP contribution in [0.3, 0.4) is 0 Å². The van der Waals surface area contributed by atoms with Crippen LogP contribution in [0, 0.1) is 0 Å². The van der Waals surface area contributed by atoms with E-state index in [-0.39, 0.29) is 39.8 Å². The Kier molecular flexibility index (Phi) is 23.7. The van der Waals surface area contributed by atoms with Gasteiger partial charge >= 0.3 is 240 Å². The van der Waals surface area contributed by atoms with E-state index in [4.69, 9.17) is 9.97 Å². The van der Waals surface area contributed by atoms with Gasteiger partial charge in [0.1, 0.15) is 5.65 Å². The number of benzene rings is 2. The second-order valence-corrected chi connectivity index (χ2v) is 46.2. The summed E-state index contributed by atoms with van der Waals surface area (Å²) < 4.78 is 12.5. The molecule has 0 aliphatic rings. The zero-order valence-corrected chi connectivity index (χ0v) is 49.4.